The number of hydrogen-bond donors (Lipinski definition) is 0. The Morgan fingerprint density at radius 1 is 0.510 bits per heavy atom. The molecule has 0 spiro atoms. The van der Waals surface area contributed by atoms with Crippen LogP contribution in [-0.2, 0) is 14.9 Å². The molecule has 2 aromatic carbocycles. The van der Waals surface area contributed by atoms with Gasteiger partial charge >= 0.3 is 0 Å². The van der Waals surface area contributed by atoms with Crippen molar-refractivity contribution in [2.75, 3.05) is 37.1 Å². The molecule has 0 aliphatic rings. The zero-order chi connectivity index (χ0) is 36.1. The Balaban J connectivity index is 1.95. The molecule has 0 saturated carbocycles. The summed E-state index contributed by atoms with van der Waals surface area (Å²) in [5.41, 5.74) is 2.00. The van der Waals surface area contributed by atoms with E-state index in [9.17, 15) is 0 Å². The first-order valence-corrected chi connectivity index (χ1v) is 23.6. The minimum atomic E-state index is -0.302. The van der Waals surface area contributed by atoms with Crippen LogP contribution in [0.3, 0.4) is 0 Å². The first-order valence-electron chi connectivity index (χ1n) is 18.2. The van der Waals surface area contributed by atoms with E-state index in [4.69, 9.17) is 18.9 Å². The first-order chi connectivity index (χ1) is 23.6. The molecule has 0 aromatic heterocycles. The largest absolute Gasteiger partial charge is 0.488 e. The average molecular weight is 1070 g/mol. The van der Waals surface area contributed by atoms with Gasteiger partial charge in [-0.15, -0.1) is 0 Å². The van der Waals surface area contributed by atoms with Crippen LogP contribution in [0.15, 0.2) is 42.2 Å². The molecule has 10 heteroatoms. The predicted molar refractivity (Wildman–Crippen MR) is 230 cm³/mol. The first kappa shape index (κ1) is 46.0. The molecule has 2 atom stereocenters. The van der Waals surface area contributed by atoms with Gasteiger partial charge in [-0.25, -0.2) is 0 Å². The lowest BCUT2D eigenvalue weighted by Crippen LogP contribution is -2.24. The summed E-state index contributed by atoms with van der Waals surface area (Å²) < 4.78 is 28.5. The van der Waals surface area contributed by atoms with E-state index in [1.54, 1.807) is 0 Å². The highest BCUT2D eigenvalue weighted by molar-refractivity contribution is 9.11. The van der Waals surface area contributed by atoms with Crippen LogP contribution in [0.25, 0.3) is 0 Å². The number of ether oxygens (including phenoxy) is 4. The van der Waals surface area contributed by atoms with E-state index in [0.29, 0.717) is 13.2 Å². The summed E-state index contributed by atoms with van der Waals surface area (Å²) in [7, 11) is 0. The van der Waals surface area contributed by atoms with Gasteiger partial charge in [0, 0.05) is 29.3 Å². The molecule has 49 heavy (non-hydrogen) atoms. The Morgan fingerprint density at radius 2 is 0.816 bits per heavy atom. The van der Waals surface area contributed by atoms with Crippen molar-refractivity contribution in [1.82, 2.24) is 0 Å². The lowest BCUT2D eigenvalue weighted by atomic mass is 9.78. The van der Waals surface area contributed by atoms with Crippen molar-refractivity contribution in [1.29, 1.82) is 0 Å². The number of rotatable bonds is 28. The Labute approximate surface area is 348 Å². The standard InChI is InChI=1S/C39H58Br6O4/c1-5-7-9-11-13-15-17-19-46-31(25-40)27-48-37-33(42)21-29(22-34(37)43)39(3,4)30-23-35(44)38(36(45)24-30)49-28-32(26-41)47-20-18-16-14-12-10-8-6-2/h21-24,31-32H,5-20,25-28H2,1-4H3. The molecule has 0 saturated heterocycles. The maximum absolute atomic E-state index is 6.29. The second-order valence-corrected chi connectivity index (χ2v) is 18.0. The van der Waals surface area contributed by atoms with Gasteiger partial charge in [0.1, 0.15) is 36.9 Å². The maximum atomic E-state index is 6.29. The SMILES string of the molecule is CCCCCCCCCOC(CBr)COc1c(Br)cc(C(C)(C)c2cc(Br)c(OCC(CBr)OCCCCCCCCC)c(Br)c2)cc1Br. The van der Waals surface area contributed by atoms with Gasteiger partial charge in [0.25, 0.3) is 0 Å². The number of halogens is 6. The molecule has 0 amide bonds. The molecule has 0 fully saturated rings. The van der Waals surface area contributed by atoms with Crippen LogP contribution in [0.4, 0.5) is 0 Å². The van der Waals surface area contributed by atoms with Gasteiger partial charge in [0.2, 0.25) is 0 Å². The molecular formula is C39H58Br6O4. The third-order valence-electron chi connectivity index (χ3n) is 8.81. The van der Waals surface area contributed by atoms with Crippen LogP contribution >= 0.6 is 95.6 Å². The van der Waals surface area contributed by atoms with E-state index in [1.807, 2.05) is 0 Å². The molecule has 0 bridgehead atoms. The van der Waals surface area contributed by atoms with E-state index < -0.39 is 0 Å². The van der Waals surface area contributed by atoms with Gasteiger partial charge in [0.05, 0.1) is 17.9 Å². The summed E-state index contributed by atoms with van der Waals surface area (Å²) >= 11 is 22.4. The van der Waals surface area contributed by atoms with Crippen molar-refractivity contribution >= 4 is 95.6 Å². The Kier molecular flexibility index (Phi) is 25.0. The van der Waals surface area contributed by atoms with Gasteiger partial charge < -0.3 is 18.9 Å². The van der Waals surface area contributed by atoms with E-state index in [-0.39, 0.29) is 17.6 Å². The molecule has 0 heterocycles. The van der Waals surface area contributed by atoms with E-state index in [1.165, 1.54) is 77.0 Å². The average Bonchev–Trinajstić information content (AvgIpc) is 3.07. The fraction of sp³-hybridized carbons (Fsp3) is 0.692. The fourth-order valence-corrected chi connectivity index (χ4v) is 9.11. The Morgan fingerprint density at radius 3 is 1.12 bits per heavy atom. The van der Waals surface area contributed by atoms with E-state index >= 15 is 0 Å². The van der Waals surface area contributed by atoms with Gasteiger partial charge in [-0.05, 0) is 112 Å². The molecule has 0 radical (unpaired) electrons. The zero-order valence-electron chi connectivity index (χ0n) is 30.0. The molecule has 0 aliphatic heterocycles. The molecule has 4 nitrogen and oxygen atoms in total. The number of alkyl halides is 2. The van der Waals surface area contributed by atoms with Crippen LogP contribution < -0.4 is 9.47 Å². The minimum Gasteiger partial charge on any atom is -0.488 e. The third-order valence-corrected chi connectivity index (χ3v) is 12.6. The van der Waals surface area contributed by atoms with Crippen LogP contribution in [0.5, 0.6) is 11.5 Å². The highest BCUT2D eigenvalue weighted by Gasteiger charge is 2.28. The van der Waals surface area contributed by atoms with Crippen LogP contribution in [0.2, 0.25) is 0 Å². The molecule has 2 rings (SSSR count). The predicted octanol–water partition coefficient (Wildman–Crippen LogP) is 14.9. The van der Waals surface area contributed by atoms with Crippen molar-refractivity contribution in [2.24, 2.45) is 0 Å². The number of hydrogen-bond acceptors (Lipinski definition) is 4. The second kappa shape index (κ2) is 26.6. The molecule has 2 aromatic rings. The minimum absolute atomic E-state index is 0.00749. The highest BCUT2D eigenvalue weighted by Crippen LogP contribution is 2.44. The number of unbranched alkanes of at least 4 members (excludes halogenated alkanes) is 12. The normalized spacial score (nSPS) is 13.1. The molecule has 0 aliphatic carbocycles. The quantitative estimate of drug-likeness (QED) is 0.0629. The van der Waals surface area contributed by atoms with Crippen molar-refractivity contribution in [2.45, 2.75) is 135 Å². The van der Waals surface area contributed by atoms with Crippen molar-refractivity contribution < 1.29 is 18.9 Å². The van der Waals surface area contributed by atoms with Crippen LogP contribution in [0.1, 0.15) is 129 Å². The van der Waals surface area contributed by atoms with E-state index in [2.05, 4.69) is 148 Å². The number of benzene rings is 2. The summed E-state index contributed by atoms with van der Waals surface area (Å²) in [6, 6.07) is 8.60. The summed E-state index contributed by atoms with van der Waals surface area (Å²) in [5.74, 6) is 1.57. The topological polar surface area (TPSA) is 36.9 Å². The highest BCUT2D eigenvalue weighted by atomic mass is 79.9. The lowest BCUT2D eigenvalue weighted by Gasteiger charge is -2.29. The third kappa shape index (κ3) is 17.2. The molecular weight excluding hydrogens is 1010 g/mol. The van der Waals surface area contributed by atoms with Gasteiger partial charge in [0.15, 0.2) is 0 Å². The fourth-order valence-electron chi connectivity index (χ4n) is 5.53. The van der Waals surface area contributed by atoms with E-state index in [0.717, 1.165) is 77.2 Å². The Bertz CT molecular complexity index is 1060. The van der Waals surface area contributed by atoms with Crippen LogP contribution in [0, 0.1) is 0 Å². The van der Waals surface area contributed by atoms with Crippen LogP contribution in [-0.4, -0.2) is 49.3 Å². The summed E-state index contributed by atoms with van der Waals surface area (Å²) in [5, 5.41) is 1.47. The monoisotopic (exact) mass is 1060 g/mol. The van der Waals surface area contributed by atoms with Gasteiger partial charge in [-0.2, -0.15) is 0 Å². The Hall–Kier alpha value is 0.840. The lowest BCUT2D eigenvalue weighted by molar-refractivity contribution is 0.0335. The summed E-state index contributed by atoms with van der Waals surface area (Å²) in [6.45, 7) is 11.5. The second-order valence-electron chi connectivity index (χ2n) is 13.3. The smallest absolute Gasteiger partial charge is 0.147 e. The van der Waals surface area contributed by atoms with Gasteiger partial charge in [-0.1, -0.05) is 137 Å². The van der Waals surface area contributed by atoms with Gasteiger partial charge in [-0.3, -0.25) is 0 Å². The molecule has 0 N–H and O–H groups in total. The molecule has 280 valence electrons. The maximum Gasteiger partial charge on any atom is 0.147 e. The van der Waals surface area contributed by atoms with Crippen molar-refractivity contribution in [3.63, 3.8) is 0 Å². The zero-order valence-corrected chi connectivity index (χ0v) is 39.5. The summed E-state index contributed by atoms with van der Waals surface area (Å²) in [4.78, 5) is 0. The summed E-state index contributed by atoms with van der Waals surface area (Å²) in [6.07, 6.45) is 17.8. The van der Waals surface area contributed by atoms with Crippen molar-refractivity contribution in [3.05, 3.63) is 53.3 Å². The van der Waals surface area contributed by atoms with Crippen molar-refractivity contribution in [3.8, 4) is 11.5 Å². The molecule has 2 unspecified atom stereocenters.